The van der Waals surface area contributed by atoms with Gasteiger partial charge in [0.05, 0.1) is 12.1 Å². The lowest BCUT2D eigenvalue weighted by Crippen LogP contribution is -2.52. The third kappa shape index (κ3) is 3.94. The first-order valence-corrected chi connectivity index (χ1v) is 8.32. The van der Waals surface area contributed by atoms with Crippen molar-refractivity contribution in [1.29, 1.82) is 0 Å². The number of H-pyrrole nitrogens is 1. The fourth-order valence-corrected chi connectivity index (χ4v) is 3.27. The van der Waals surface area contributed by atoms with E-state index in [1.807, 2.05) is 30.3 Å². The van der Waals surface area contributed by atoms with Crippen molar-refractivity contribution in [2.45, 2.75) is 44.2 Å². The number of benzene rings is 1. The molecule has 24 heavy (non-hydrogen) atoms. The van der Waals surface area contributed by atoms with Crippen LogP contribution < -0.4 is 5.56 Å². The summed E-state index contributed by atoms with van der Waals surface area (Å²) in [5.74, 6) is 0.462. The second-order valence-corrected chi connectivity index (χ2v) is 6.23. The normalized spacial score (nSPS) is 21.0. The number of aromatic nitrogens is 1. The summed E-state index contributed by atoms with van der Waals surface area (Å²) in [5.41, 5.74) is 0.811. The Morgan fingerprint density at radius 3 is 2.83 bits per heavy atom. The third-order valence-corrected chi connectivity index (χ3v) is 4.51. The zero-order valence-electron chi connectivity index (χ0n) is 13.5. The van der Waals surface area contributed by atoms with Gasteiger partial charge in [0.15, 0.2) is 0 Å². The topological polar surface area (TPSA) is 86.5 Å². The van der Waals surface area contributed by atoms with Crippen LogP contribution in [-0.4, -0.2) is 39.8 Å². The average molecular weight is 330 g/mol. The van der Waals surface area contributed by atoms with E-state index in [9.17, 15) is 14.7 Å². The second-order valence-electron chi connectivity index (χ2n) is 6.23. The number of aryl methyl sites for hydroxylation is 1. The van der Waals surface area contributed by atoms with E-state index < -0.39 is 6.10 Å². The minimum Gasteiger partial charge on any atom is -0.391 e. The van der Waals surface area contributed by atoms with Gasteiger partial charge in [0.25, 0.3) is 5.56 Å². The minimum atomic E-state index is -0.506. The van der Waals surface area contributed by atoms with Crippen molar-refractivity contribution >= 4 is 5.91 Å². The number of carbonyl (C=O) groups is 1. The third-order valence-electron chi connectivity index (χ3n) is 4.51. The number of aliphatic hydroxyl groups is 1. The standard InChI is InChI=1S/C18H22N2O4/c21-16-7-4-10-20(15(16)11-13-5-2-1-3-6-13)18(23)9-8-14-12-17(22)19-24-14/h1-3,5-6,12,15-16,21H,4,7-11H2,(H,19,22)/t15-,16-/m0/s1. The highest BCUT2D eigenvalue weighted by Crippen LogP contribution is 2.22. The molecule has 2 heterocycles. The van der Waals surface area contributed by atoms with Gasteiger partial charge in [-0.3, -0.25) is 9.59 Å². The molecule has 0 radical (unpaired) electrons. The molecule has 3 rings (SSSR count). The summed E-state index contributed by atoms with van der Waals surface area (Å²) in [6, 6.07) is 11.1. The summed E-state index contributed by atoms with van der Waals surface area (Å²) < 4.78 is 4.99. The molecular weight excluding hydrogens is 308 g/mol. The number of aromatic amines is 1. The van der Waals surface area contributed by atoms with Gasteiger partial charge in [-0.25, -0.2) is 0 Å². The van der Waals surface area contributed by atoms with Crippen molar-refractivity contribution < 1.29 is 14.4 Å². The van der Waals surface area contributed by atoms with E-state index in [0.717, 1.165) is 12.0 Å². The van der Waals surface area contributed by atoms with E-state index in [4.69, 9.17) is 4.52 Å². The zero-order valence-corrected chi connectivity index (χ0v) is 13.5. The molecule has 2 N–H and O–H groups in total. The van der Waals surface area contributed by atoms with Gasteiger partial charge in [0.2, 0.25) is 5.91 Å². The molecule has 1 aliphatic heterocycles. The number of hydrogen-bond acceptors (Lipinski definition) is 4. The highest BCUT2D eigenvalue weighted by molar-refractivity contribution is 5.77. The predicted molar refractivity (Wildman–Crippen MR) is 88.5 cm³/mol. The SMILES string of the molecule is O=C(CCc1cc(=O)[nH]o1)N1CCC[C@H](O)[C@@H]1Cc1ccccc1. The van der Waals surface area contributed by atoms with Crippen molar-refractivity contribution in [3.8, 4) is 0 Å². The van der Waals surface area contributed by atoms with Crippen LogP contribution >= 0.6 is 0 Å². The molecule has 128 valence electrons. The maximum absolute atomic E-state index is 12.6. The molecule has 6 heteroatoms. The number of likely N-dealkylation sites (tertiary alicyclic amines) is 1. The van der Waals surface area contributed by atoms with Crippen LogP contribution in [0.5, 0.6) is 0 Å². The fraction of sp³-hybridized carbons (Fsp3) is 0.444. The molecule has 0 unspecified atom stereocenters. The lowest BCUT2D eigenvalue weighted by atomic mass is 9.92. The maximum atomic E-state index is 12.6. The number of nitrogens with one attached hydrogen (secondary N) is 1. The van der Waals surface area contributed by atoms with Crippen LogP contribution in [-0.2, 0) is 17.6 Å². The number of carbonyl (C=O) groups excluding carboxylic acids is 1. The molecule has 0 aliphatic carbocycles. The molecular formula is C18H22N2O4. The number of nitrogens with zero attached hydrogens (tertiary/aromatic N) is 1. The summed E-state index contributed by atoms with van der Waals surface area (Å²) in [6.07, 6.45) is 2.30. The molecule has 1 saturated heterocycles. The Hall–Kier alpha value is -2.34. The number of rotatable bonds is 5. The molecule has 1 aromatic carbocycles. The van der Waals surface area contributed by atoms with E-state index in [2.05, 4.69) is 5.16 Å². The molecule has 2 aromatic rings. The van der Waals surface area contributed by atoms with E-state index >= 15 is 0 Å². The van der Waals surface area contributed by atoms with Crippen molar-refractivity contribution in [2.24, 2.45) is 0 Å². The first-order chi connectivity index (χ1) is 11.6. The Morgan fingerprint density at radius 2 is 2.12 bits per heavy atom. The van der Waals surface area contributed by atoms with E-state index in [-0.39, 0.29) is 23.9 Å². The van der Waals surface area contributed by atoms with Crippen LogP contribution in [0.1, 0.15) is 30.6 Å². The van der Waals surface area contributed by atoms with Crippen LogP contribution in [0, 0.1) is 0 Å². The molecule has 1 amide bonds. The van der Waals surface area contributed by atoms with Crippen molar-refractivity contribution in [1.82, 2.24) is 10.1 Å². The minimum absolute atomic E-state index is 0.0152. The van der Waals surface area contributed by atoms with Crippen LogP contribution in [0.2, 0.25) is 0 Å². The van der Waals surface area contributed by atoms with Crippen molar-refractivity contribution in [3.05, 3.63) is 58.1 Å². The smallest absolute Gasteiger partial charge is 0.280 e. The lowest BCUT2D eigenvalue weighted by Gasteiger charge is -2.39. The van der Waals surface area contributed by atoms with Gasteiger partial charge < -0.3 is 14.5 Å². The van der Waals surface area contributed by atoms with Gasteiger partial charge in [-0.15, -0.1) is 0 Å². The quantitative estimate of drug-likeness (QED) is 0.870. The molecule has 1 fully saturated rings. The Morgan fingerprint density at radius 1 is 1.33 bits per heavy atom. The lowest BCUT2D eigenvalue weighted by molar-refractivity contribution is -0.138. The number of hydrogen-bond donors (Lipinski definition) is 2. The Kier molecular flexibility index (Phi) is 5.15. The van der Waals surface area contributed by atoms with Crippen LogP contribution in [0.3, 0.4) is 0 Å². The van der Waals surface area contributed by atoms with Crippen LogP contribution in [0.25, 0.3) is 0 Å². The monoisotopic (exact) mass is 330 g/mol. The van der Waals surface area contributed by atoms with E-state index in [1.165, 1.54) is 6.07 Å². The number of amides is 1. The largest absolute Gasteiger partial charge is 0.391 e. The van der Waals surface area contributed by atoms with E-state index in [1.54, 1.807) is 4.90 Å². The molecule has 2 atom stereocenters. The van der Waals surface area contributed by atoms with Gasteiger partial charge in [0, 0.05) is 25.5 Å². The molecule has 0 spiro atoms. The van der Waals surface area contributed by atoms with Gasteiger partial charge in [-0.05, 0) is 24.8 Å². The predicted octanol–water partition coefficient (Wildman–Crippen LogP) is 1.50. The fourth-order valence-electron chi connectivity index (χ4n) is 3.27. The summed E-state index contributed by atoms with van der Waals surface area (Å²) in [7, 11) is 0. The van der Waals surface area contributed by atoms with Crippen LogP contribution in [0.15, 0.2) is 45.7 Å². The Balaban J connectivity index is 1.66. The number of piperidine rings is 1. The first kappa shape index (κ1) is 16.5. The van der Waals surface area contributed by atoms with Gasteiger partial charge in [-0.2, -0.15) is 5.16 Å². The highest BCUT2D eigenvalue weighted by atomic mass is 16.5. The second kappa shape index (κ2) is 7.49. The summed E-state index contributed by atoms with van der Waals surface area (Å²) in [5, 5.41) is 12.6. The van der Waals surface area contributed by atoms with Gasteiger partial charge in [0.1, 0.15) is 5.76 Å². The molecule has 1 aliphatic rings. The van der Waals surface area contributed by atoms with Crippen molar-refractivity contribution in [2.75, 3.05) is 6.54 Å². The summed E-state index contributed by atoms with van der Waals surface area (Å²) in [4.78, 5) is 25.5. The zero-order chi connectivity index (χ0) is 16.9. The van der Waals surface area contributed by atoms with Crippen LogP contribution in [0.4, 0.5) is 0 Å². The van der Waals surface area contributed by atoms with Crippen molar-refractivity contribution in [3.63, 3.8) is 0 Å². The molecule has 0 saturated carbocycles. The molecule has 6 nitrogen and oxygen atoms in total. The van der Waals surface area contributed by atoms with E-state index in [0.29, 0.717) is 31.6 Å². The Bertz CT molecular complexity index is 722. The molecule has 0 bridgehead atoms. The highest BCUT2D eigenvalue weighted by Gasteiger charge is 2.33. The number of aliphatic hydroxyl groups excluding tert-OH is 1. The summed E-state index contributed by atoms with van der Waals surface area (Å²) in [6.45, 7) is 0.657. The Labute approximate surface area is 140 Å². The van der Waals surface area contributed by atoms with Gasteiger partial charge in [-0.1, -0.05) is 30.3 Å². The maximum Gasteiger partial charge on any atom is 0.280 e. The molecule has 1 aromatic heterocycles. The van der Waals surface area contributed by atoms with Gasteiger partial charge >= 0.3 is 0 Å². The average Bonchev–Trinajstić information content (AvgIpc) is 3.01. The first-order valence-electron chi connectivity index (χ1n) is 8.32. The summed E-state index contributed by atoms with van der Waals surface area (Å²) >= 11 is 0.